The molecule has 4 nitrogen and oxygen atoms in total. The van der Waals surface area contributed by atoms with Crippen molar-refractivity contribution in [1.82, 2.24) is 10.2 Å². The van der Waals surface area contributed by atoms with E-state index >= 15 is 0 Å². The zero-order valence-corrected chi connectivity index (χ0v) is 12.8. The quantitative estimate of drug-likeness (QED) is 0.845. The number of allylic oxidation sites excluding steroid dienone is 1. The predicted octanol–water partition coefficient (Wildman–Crippen LogP) is 2.39. The number of carbonyl (C=O) groups excluding carboxylic acids is 2. The molecule has 116 valence electrons. The molecular weight excluding hydrogens is 264 g/mol. The maximum absolute atomic E-state index is 12.3. The van der Waals surface area contributed by atoms with Crippen molar-refractivity contribution in [2.45, 2.75) is 63.8 Å². The Morgan fingerprint density at radius 2 is 1.95 bits per heavy atom. The third kappa shape index (κ3) is 4.08. The van der Waals surface area contributed by atoms with E-state index in [1.165, 1.54) is 0 Å². The molecule has 1 N–H and O–H groups in total. The van der Waals surface area contributed by atoms with Crippen LogP contribution in [0.3, 0.4) is 0 Å². The van der Waals surface area contributed by atoms with Crippen molar-refractivity contribution < 1.29 is 9.59 Å². The maximum atomic E-state index is 12.3. The fraction of sp³-hybridized carbons (Fsp3) is 0.765. The normalized spacial score (nSPS) is 23.0. The molecule has 0 radical (unpaired) electrons. The van der Waals surface area contributed by atoms with Crippen molar-refractivity contribution in [2.75, 3.05) is 13.1 Å². The van der Waals surface area contributed by atoms with Gasteiger partial charge in [0.2, 0.25) is 11.8 Å². The summed E-state index contributed by atoms with van der Waals surface area (Å²) in [5.74, 6) is 1.08. The number of hydrogen-bond donors (Lipinski definition) is 1. The third-order valence-corrected chi connectivity index (χ3v) is 4.94. The van der Waals surface area contributed by atoms with Gasteiger partial charge in [-0.1, -0.05) is 6.08 Å². The number of rotatable bonds is 5. The van der Waals surface area contributed by atoms with Gasteiger partial charge in [-0.25, -0.2) is 0 Å². The van der Waals surface area contributed by atoms with Crippen LogP contribution in [0.1, 0.15) is 57.8 Å². The highest BCUT2D eigenvalue weighted by atomic mass is 16.2. The first-order valence-electron chi connectivity index (χ1n) is 8.50. The van der Waals surface area contributed by atoms with Gasteiger partial charge in [0, 0.05) is 31.1 Å². The van der Waals surface area contributed by atoms with Crippen LogP contribution in [0.4, 0.5) is 0 Å². The van der Waals surface area contributed by atoms with E-state index in [1.54, 1.807) is 0 Å². The number of amides is 2. The minimum atomic E-state index is 0.215. The molecule has 4 heteroatoms. The van der Waals surface area contributed by atoms with E-state index in [9.17, 15) is 9.59 Å². The van der Waals surface area contributed by atoms with Crippen LogP contribution in [0, 0.1) is 5.92 Å². The van der Waals surface area contributed by atoms with E-state index in [0.29, 0.717) is 18.4 Å². The summed E-state index contributed by atoms with van der Waals surface area (Å²) < 4.78 is 0. The molecule has 21 heavy (non-hydrogen) atoms. The molecule has 1 saturated carbocycles. The Hall–Kier alpha value is -1.32. The van der Waals surface area contributed by atoms with Gasteiger partial charge >= 0.3 is 0 Å². The van der Waals surface area contributed by atoms with E-state index < -0.39 is 0 Å². The fourth-order valence-corrected chi connectivity index (χ4v) is 3.36. The second-order valence-electron chi connectivity index (χ2n) is 6.74. The van der Waals surface area contributed by atoms with Crippen LogP contribution in [0.15, 0.2) is 11.6 Å². The second kappa shape index (κ2) is 6.63. The molecule has 3 aliphatic rings. The maximum Gasteiger partial charge on any atom is 0.249 e. The smallest absolute Gasteiger partial charge is 0.249 e. The first kappa shape index (κ1) is 14.6. The Morgan fingerprint density at radius 1 is 1.19 bits per heavy atom. The molecule has 0 aromatic carbocycles. The summed E-state index contributed by atoms with van der Waals surface area (Å²) in [6.07, 6.45) is 11.3. The van der Waals surface area contributed by atoms with Gasteiger partial charge in [-0.3, -0.25) is 9.59 Å². The summed E-state index contributed by atoms with van der Waals surface area (Å²) in [6.45, 7) is 1.73. The van der Waals surface area contributed by atoms with E-state index in [-0.39, 0.29) is 11.8 Å². The van der Waals surface area contributed by atoms with Crippen molar-refractivity contribution in [3.63, 3.8) is 0 Å². The number of nitrogens with one attached hydrogen (secondary N) is 1. The summed E-state index contributed by atoms with van der Waals surface area (Å²) in [7, 11) is 0. The van der Waals surface area contributed by atoms with Gasteiger partial charge in [-0.15, -0.1) is 0 Å². The van der Waals surface area contributed by atoms with Gasteiger partial charge in [-0.2, -0.15) is 0 Å². The van der Waals surface area contributed by atoms with Crippen molar-refractivity contribution >= 4 is 11.8 Å². The lowest BCUT2D eigenvalue weighted by Gasteiger charge is -2.32. The standard InChI is InChI=1S/C17H26N2O2/c20-16(18-15-6-7-15)8-5-13-9-11-19(12-10-13)17(21)14-3-1-2-4-14/h3,13,15H,1-2,4-12H2,(H,18,20). The van der Waals surface area contributed by atoms with Gasteiger partial charge in [0.05, 0.1) is 0 Å². The number of carbonyl (C=O) groups is 2. The third-order valence-electron chi connectivity index (χ3n) is 4.94. The molecular formula is C17H26N2O2. The van der Waals surface area contributed by atoms with Crippen LogP contribution < -0.4 is 5.32 Å². The highest BCUT2D eigenvalue weighted by molar-refractivity contribution is 5.93. The predicted molar refractivity (Wildman–Crippen MR) is 81.6 cm³/mol. The molecule has 0 atom stereocenters. The van der Waals surface area contributed by atoms with Gasteiger partial charge in [0.15, 0.2) is 0 Å². The number of piperidine rings is 1. The molecule has 0 bridgehead atoms. The highest BCUT2D eigenvalue weighted by Crippen LogP contribution is 2.26. The van der Waals surface area contributed by atoms with Crippen LogP contribution in [0.5, 0.6) is 0 Å². The molecule has 0 unspecified atom stereocenters. The average molecular weight is 290 g/mol. The van der Waals surface area contributed by atoms with E-state index in [0.717, 1.165) is 70.0 Å². The zero-order chi connectivity index (χ0) is 14.7. The lowest BCUT2D eigenvalue weighted by molar-refractivity contribution is -0.129. The van der Waals surface area contributed by atoms with Gasteiger partial charge in [0.1, 0.15) is 0 Å². The molecule has 1 heterocycles. The summed E-state index contributed by atoms with van der Waals surface area (Å²) in [5.41, 5.74) is 1.03. The number of hydrogen-bond acceptors (Lipinski definition) is 2. The topological polar surface area (TPSA) is 49.4 Å². The monoisotopic (exact) mass is 290 g/mol. The lowest BCUT2D eigenvalue weighted by Crippen LogP contribution is -2.39. The summed E-state index contributed by atoms with van der Waals surface area (Å²) in [6, 6.07) is 0.469. The summed E-state index contributed by atoms with van der Waals surface area (Å²) >= 11 is 0. The second-order valence-corrected chi connectivity index (χ2v) is 6.74. The first-order valence-corrected chi connectivity index (χ1v) is 8.50. The molecule has 3 rings (SSSR count). The molecule has 0 aromatic rings. The van der Waals surface area contributed by atoms with Crippen molar-refractivity contribution in [2.24, 2.45) is 5.92 Å². The molecule has 2 aliphatic carbocycles. The molecule has 1 saturated heterocycles. The van der Waals surface area contributed by atoms with Crippen LogP contribution in [-0.4, -0.2) is 35.8 Å². The number of likely N-dealkylation sites (tertiary alicyclic amines) is 1. The summed E-state index contributed by atoms with van der Waals surface area (Å²) in [4.78, 5) is 26.0. The molecule has 2 fully saturated rings. The largest absolute Gasteiger partial charge is 0.353 e. The average Bonchev–Trinajstić information content (AvgIpc) is 3.15. The number of nitrogens with zero attached hydrogens (tertiary/aromatic N) is 1. The van der Waals surface area contributed by atoms with Gasteiger partial charge < -0.3 is 10.2 Å². The van der Waals surface area contributed by atoms with E-state index in [2.05, 4.69) is 11.4 Å². The zero-order valence-electron chi connectivity index (χ0n) is 12.8. The molecule has 0 aromatic heterocycles. The van der Waals surface area contributed by atoms with Crippen molar-refractivity contribution in [3.05, 3.63) is 11.6 Å². The van der Waals surface area contributed by atoms with Gasteiger partial charge in [-0.05, 0) is 57.3 Å². The lowest BCUT2D eigenvalue weighted by atomic mass is 9.91. The van der Waals surface area contributed by atoms with E-state index in [1.807, 2.05) is 4.90 Å². The summed E-state index contributed by atoms with van der Waals surface area (Å²) in [5, 5.41) is 3.05. The minimum Gasteiger partial charge on any atom is -0.353 e. The van der Waals surface area contributed by atoms with Gasteiger partial charge in [0.25, 0.3) is 0 Å². The SMILES string of the molecule is O=C(CCC1CCN(C(=O)C2=CCCC2)CC1)NC1CC1. The van der Waals surface area contributed by atoms with Crippen LogP contribution in [-0.2, 0) is 9.59 Å². The van der Waals surface area contributed by atoms with E-state index in [4.69, 9.17) is 0 Å². The highest BCUT2D eigenvalue weighted by Gasteiger charge is 2.27. The molecule has 1 aliphatic heterocycles. The van der Waals surface area contributed by atoms with Crippen LogP contribution in [0.2, 0.25) is 0 Å². The Balaban J connectivity index is 1.36. The van der Waals surface area contributed by atoms with Crippen LogP contribution in [0.25, 0.3) is 0 Å². The fourth-order valence-electron chi connectivity index (χ4n) is 3.36. The first-order chi connectivity index (χ1) is 10.2. The van der Waals surface area contributed by atoms with Crippen molar-refractivity contribution in [1.29, 1.82) is 0 Å². The molecule has 2 amide bonds. The van der Waals surface area contributed by atoms with Crippen molar-refractivity contribution in [3.8, 4) is 0 Å². The Kier molecular flexibility index (Phi) is 4.61. The minimum absolute atomic E-state index is 0.215. The molecule has 0 spiro atoms. The Morgan fingerprint density at radius 3 is 2.57 bits per heavy atom. The Labute approximate surface area is 127 Å². The van der Waals surface area contributed by atoms with Crippen LogP contribution >= 0.6 is 0 Å². The Bertz CT molecular complexity index is 432.